The van der Waals surface area contributed by atoms with Crippen LogP contribution in [0.2, 0.25) is 5.02 Å². The Hall–Kier alpha value is -1.06. The molecule has 1 amide bonds. The molecule has 0 saturated carbocycles. The summed E-state index contributed by atoms with van der Waals surface area (Å²) in [5.41, 5.74) is 6.66. The maximum Gasteiger partial charge on any atom is 0.243 e. The Kier molecular flexibility index (Phi) is 3.46. The Morgan fingerprint density at radius 3 is 2.94 bits per heavy atom. The van der Waals surface area contributed by atoms with Crippen LogP contribution < -0.4 is 10.6 Å². The molecule has 86 valence electrons. The molecule has 3 nitrogen and oxygen atoms in total. The van der Waals surface area contributed by atoms with Crippen molar-refractivity contribution in [2.75, 3.05) is 11.4 Å². The maximum atomic E-state index is 12.0. The second-order valence-electron chi connectivity index (χ2n) is 4.07. The zero-order valence-electron chi connectivity index (χ0n) is 9.03. The van der Waals surface area contributed by atoms with Gasteiger partial charge in [0.15, 0.2) is 0 Å². The molecule has 0 radical (unpaired) electrons. The lowest BCUT2D eigenvalue weighted by molar-refractivity contribution is -0.119. The van der Waals surface area contributed by atoms with E-state index < -0.39 is 0 Å². The first kappa shape index (κ1) is 11.4. The van der Waals surface area contributed by atoms with Gasteiger partial charge in [-0.05, 0) is 37.5 Å². The summed E-state index contributed by atoms with van der Waals surface area (Å²) in [6, 6.07) is 6.97. The Morgan fingerprint density at radius 2 is 2.19 bits per heavy atom. The van der Waals surface area contributed by atoms with Gasteiger partial charge in [-0.2, -0.15) is 0 Å². The van der Waals surface area contributed by atoms with Crippen LogP contribution in [0.1, 0.15) is 19.3 Å². The molecule has 1 aromatic carbocycles. The predicted octanol–water partition coefficient (Wildman–Crippen LogP) is 2.18. The van der Waals surface area contributed by atoms with Gasteiger partial charge in [0.1, 0.15) is 0 Å². The maximum absolute atomic E-state index is 12.0. The van der Waals surface area contributed by atoms with Crippen molar-refractivity contribution < 1.29 is 4.79 Å². The second-order valence-corrected chi connectivity index (χ2v) is 4.51. The number of hydrogen-bond donors (Lipinski definition) is 1. The Bertz CT molecular complexity index is 394. The molecule has 1 aromatic rings. The highest BCUT2D eigenvalue weighted by atomic mass is 35.5. The number of benzene rings is 1. The van der Waals surface area contributed by atoms with Crippen LogP contribution in [0.5, 0.6) is 0 Å². The molecule has 4 heteroatoms. The van der Waals surface area contributed by atoms with Crippen LogP contribution in [-0.2, 0) is 4.79 Å². The van der Waals surface area contributed by atoms with Crippen molar-refractivity contribution in [3.8, 4) is 0 Å². The van der Waals surface area contributed by atoms with Gasteiger partial charge < -0.3 is 10.6 Å². The zero-order valence-corrected chi connectivity index (χ0v) is 9.78. The third-order valence-corrected chi connectivity index (χ3v) is 3.09. The molecule has 16 heavy (non-hydrogen) atoms. The lowest BCUT2D eigenvalue weighted by Gasteiger charge is -2.22. The van der Waals surface area contributed by atoms with Crippen molar-refractivity contribution in [2.24, 2.45) is 5.73 Å². The molecule has 1 atom stereocenters. The highest BCUT2D eigenvalue weighted by Gasteiger charge is 2.24. The number of hydrogen-bond acceptors (Lipinski definition) is 2. The number of rotatable bonds is 1. The number of nitrogens with two attached hydrogens (primary N) is 1. The quantitative estimate of drug-likeness (QED) is 0.815. The highest BCUT2D eigenvalue weighted by molar-refractivity contribution is 6.30. The number of carbonyl (C=O) groups excluding carboxylic acids is 1. The molecular weight excluding hydrogens is 224 g/mol. The standard InChI is InChI=1S/C12H15ClN2O/c13-9-4-3-5-10(8-9)15-7-2-1-6-11(14)12(15)16/h3-5,8,11H,1-2,6-7,14H2/t11-/m0/s1. The van der Waals surface area contributed by atoms with Crippen LogP contribution in [0.3, 0.4) is 0 Å². The minimum atomic E-state index is -0.374. The minimum Gasteiger partial charge on any atom is -0.320 e. The molecule has 0 aromatic heterocycles. The topological polar surface area (TPSA) is 46.3 Å². The largest absolute Gasteiger partial charge is 0.320 e. The van der Waals surface area contributed by atoms with Gasteiger partial charge in [-0.3, -0.25) is 4.79 Å². The molecule has 0 aliphatic carbocycles. The van der Waals surface area contributed by atoms with E-state index in [9.17, 15) is 4.79 Å². The summed E-state index contributed by atoms with van der Waals surface area (Å²) in [5, 5.41) is 0.642. The summed E-state index contributed by atoms with van der Waals surface area (Å²) in [4.78, 5) is 13.8. The van der Waals surface area contributed by atoms with E-state index in [0.29, 0.717) is 5.02 Å². The minimum absolute atomic E-state index is 0.000216. The third-order valence-electron chi connectivity index (χ3n) is 2.85. The summed E-state index contributed by atoms with van der Waals surface area (Å²) in [5.74, 6) is -0.000216. The normalized spacial score (nSPS) is 22.0. The van der Waals surface area contributed by atoms with Crippen molar-refractivity contribution in [1.29, 1.82) is 0 Å². The third kappa shape index (κ3) is 2.36. The smallest absolute Gasteiger partial charge is 0.243 e. The fourth-order valence-corrected chi connectivity index (χ4v) is 2.15. The first-order chi connectivity index (χ1) is 7.68. The lowest BCUT2D eigenvalue weighted by Crippen LogP contribution is -2.42. The fraction of sp³-hybridized carbons (Fsp3) is 0.417. The van der Waals surface area contributed by atoms with Gasteiger partial charge in [0.05, 0.1) is 6.04 Å². The van der Waals surface area contributed by atoms with E-state index in [-0.39, 0.29) is 11.9 Å². The van der Waals surface area contributed by atoms with E-state index >= 15 is 0 Å². The molecular formula is C12H15ClN2O. The van der Waals surface area contributed by atoms with E-state index in [4.69, 9.17) is 17.3 Å². The van der Waals surface area contributed by atoms with Crippen LogP contribution in [0.25, 0.3) is 0 Å². The summed E-state index contributed by atoms with van der Waals surface area (Å²) in [6.45, 7) is 0.729. The van der Waals surface area contributed by atoms with Gasteiger partial charge in [-0.1, -0.05) is 17.7 Å². The number of anilines is 1. The van der Waals surface area contributed by atoms with E-state index in [2.05, 4.69) is 0 Å². The van der Waals surface area contributed by atoms with Crippen molar-refractivity contribution in [1.82, 2.24) is 0 Å². The van der Waals surface area contributed by atoms with Crippen molar-refractivity contribution >= 4 is 23.2 Å². The first-order valence-electron chi connectivity index (χ1n) is 5.51. The number of amides is 1. The number of carbonyl (C=O) groups is 1. The molecule has 0 spiro atoms. The van der Waals surface area contributed by atoms with Crippen LogP contribution >= 0.6 is 11.6 Å². The van der Waals surface area contributed by atoms with E-state index in [0.717, 1.165) is 31.5 Å². The Balaban J connectivity index is 2.27. The van der Waals surface area contributed by atoms with Gasteiger partial charge >= 0.3 is 0 Å². The highest BCUT2D eigenvalue weighted by Crippen LogP contribution is 2.23. The molecule has 2 N–H and O–H groups in total. The van der Waals surface area contributed by atoms with Crippen molar-refractivity contribution in [3.05, 3.63) is 29.3 Å². The van der Waals surface area contributed by atoms with Gasteiger partial charge in [0.25, 0.3) is 0 Å². The van der Waals surface area contributed by atoms with Gasteiger partial charge in [-0.15, -0.1) is 0 Å². The molecule has 1 aliphatic heterocycles. The molecule has 0 bridgehead atoms. The van der Waals surface area contributed by atoms with E-state index in [1.807, 2.05) is 12.1 Å². The van der Waals surface area contributed by atoms with Crippen LogP contribution in [0.4, 0.5) is 5.69 Å². The summed E-state index contributed by atoms with van der Waals surface area (Å²) >= 11 is 5.92. The van der Waals surface area contributed by atoms with Gasteiger partial charge in [-0.25, -0.2) is 0 Å². The SMILES string of the molecule is N[C@H]1CCCCN(c2cccc(Cl)c2)C1=O. The lowest BCUT2D eigenvalue weighted by atomic mass is 10.1. The zero-order chi connectivity index (χ0) is 11.5. The average molecular weight is 239 g/mol. The summed E-state index contributed by atoms with van der Waals surface area (Å²) < 4.78 is 0. The molecule has 1 saturated heterocycles. The van der Waals surface area contributed by atoms with Crippen molar-refractivity contribution in [3.63, 3.8) is 0 Å². The van der Waals surface area contributed by atoms with Crippen molar-refractivity contribution in [2.45, 2.75) is 25.3 Å². The van der Waals surface area contributed by atoms with E-state index in [1.165, 1.54) is 0 Å². The van der Waals surface area contributed by atoms with E-state index in [1.54, 1.807) is 17.0 Å². The van der Waals surface area contributed by atoms with Crippen LogP contribution in [-0.4, -0.2) is 18.5 Å². The molecule has 2 rings (SSSR count). The first-order valence-corrected chi connectivity index (χ1v) is 5.89. The Labute approximate surface area is 100 Å². The summed E-state index contributed by atoms with van der Waals surface area (Å²) in [7, 11) is 0. The molecule has 1 fully saturated rings. The van der Waals surface area contributed by atoms with Crippen LogP contribution in [0.15, 0.2) is 24.3 Å². The number of nitrogens with zero attached hydrogens (tertiary/aromatic N) is 1. The molecule has 1 heterocycles. The summed E-state index contributed by atoms with van der Waals surface area (Å²) in [6.07, 6.45) is 2.77. The monoisotopic (exact) mass is 238 g/mol. The average Bonchev–Trinajstić information content (AvgIpc) is 2.42. The predicted molar refractivity (Wildman–Crippen MR) is 65.6 cm³/mol. The van der Waals surface area contributed by atoms with Crippen LogP contribution in [0, 0.1) is 0 Å². The second kappa shape index (κ2) is 4.85. The Morgan fingerprint density at radius 1 is 1.38 bits per heavy atom. The number of halogens is 1. The fourth-order valence-electron chi connectivity index (χ4n) is 1.97. The molecule has 0 unspecified atom stereocenters. The van der Waals surface area contributed by atoms with Gasteiger partial charge in [0.2, 0.25) is 5.91 Å². The van der Waals surface area contributed by atoms with Gasteiger partial charge in [0, 0.05) is 17.3 Å². The molecule has 1 aliphatic rings.